The van der Waals surface area contributed by atoms with Crippen LogP contribution in [0.25, 0.3) is 0 Å². The smallest absolute Gasteiger partial charge is 0.417 e. The highest BCUT2D eigenvalue weighted by Crippen LogP contribution is 2.22. The molecule has 23 heavy (non-hydrogen) atoms. The van der Waals surface area contributed by atoms with E-state index in [9.17, 15) is 14.4 Å². The Hall–Kier alpha value is -2.37. The number of nitrogens with zero attached hydrogens (tertiary/aromatic N) is 1. The second-order valence-electron chi connectivity index (χ2n) is 6.40. The first-order valence-corrected chi connectivity index (χ1v) is 7.55. The topological polar surface area (TPSA) is 72.9 Å². The predicted molar refractivity (Wildman–Crippen MR) is 82.8 cm³/mol. The van der Waals surface area contributed by atoms with Crippen LogP contribution in [-0.2, 0) is 14.3 Å². The van der Waals surface area contributed by atoms with Crippen molar-refractivity contribution in [2.75, 3.05) is 6.61 Å². The number of esters is 1. The molecule has 0 spiro atoms. The van der Waals surface area contributed by atoms with Crippen LogP contribution in [0.5, 0.6) is 0 Å². The standard InChI is InChI=1S/C17H21NO5/c1-17(2,3)23-16(21)18-13(9-10-14(18)19)11-22-15(20)12-7-5-4-6-8-12/h4-8,13H,9-11H2,1-3H3/t13-/m0/s1. The molecule has 0 aliphatic carbocycles. The van der Waals surface area contributed by atoms with Crippen molar-refractivity contribution in [3.05, 3.63) is 35.9 Å². The van der Waals surface area contributed by atoms with Gasteiger partial charge in [0.1, 0.15) is 12.2 Å². The van der Waals surface area contributed by atoms with Crippen molar-refractivity contribution in [3.63, 3.8) is 0 Å². The van der Waals surface area contributed by atoms with Crippen LogP contribution in [0.1, 0.15) is 44.0 Å². The van der Waals surface area contributed by atoms with E-state index in [1.807, 2.05) is 0 Å². The number of hydrogen-bond donors (Lipinski definition) is 0. The van der Waals surface area contributed by atoms with E-state index in [1.54, 1.807) is 51.1 Å². The fourth-order valence-corrected chi connectivity index (χ4v) is 2.29. The van der Waals surface area contributed by atoms with Gasteiger partial charge in [0, 0.05) is 6.42 Å². The summed E-state index contributed by atoms with van der Waals surface area (Å²) in [6.45, 7) is 5.17. The van der Waals surface area contributed by atoms with Crippen LogP contribution < -0.4 is 0 Å². The highest BCUT2D eigenvalue weighted by Gasteiger charge is 2.39. The zero-order valence-corrected chi connectivity index (χ0v) is 13.6. The van der Waals surface area contributed by atoms with E-state index in [2.05, 4.69) is 0 Å². The Balaban J connectivity index is 1.97. The molecule has 0 saturated carbocycles. The molecule has 0 aromatic heterocycles. The molecule has 1 aromatic rings. The third-order valence-corrected chi connectivity index (χ3v) is 3.33. The van der Waals surface area contributed by atoms with Gasteiger partial charge in [-0.2, -0.15) is 0 Å². The van der Waals surface area contributed by atoms with Crippen molar-refractivity contribution in [1.82, 2.24) is 4.90 Å². The lowest BCUT2D eigenvalue weighted by Crippen LogP contribution is -2.44. The molecule has 1 fully saturated rings. The minimum atomic E-state index is -0.694. The van der Waals surface area contributed by atoms with Gasteiger partial charge >= 0.3 is 12.1 Å². The number of hydrogen-bond acceptors (Lipinski definition) is 5. The average molecular weight is 319 g/mol. The molecule has 0 bridgehead atoms. The Labute approximate surface area is 135 Å². The third kappa shape index (κ3) is 4.55. The minimum Gasteiger partial charge on any atom is -0.460 e. The molecule has 1 heterocycles. The second-order valence-corrected chi connectivity index (χ2v) is 6.40. The summed E-state index contributed by atoms with van der Waals surface area (Å²) in [6.07, 6.45) is 0.00759. The number of benzene rings is 1. The van der Waals surface area contributed by atoms with Gasteiger partial charge in [0.2, 0.25) is 5.91 Å². The fraction of sp³-hybridized carbons (Fsp3) is 0.471. The lowest BCUT2D eigenvalue weighted by Gasteiger charge is -2.27. The van der Waals surface area contributed by atoms with E-state index >= 15 is 0 Å². The lowest BCUT2D eigenvalue weighted by atomic mass is 10.2. The molecular weight excluding hydrogens is 298 g/mol. The molecule has 6 nitrogen and oxygen atoms in total. The quantitative estimate of drug-likeness (QED) is 0.801. The number of amides is 2. The van der Waals surface area contributed by atoms with Gasteiger partial charge in [-0.1, -0.05) is 18.2 Å². The lowest BCUT2D eigenvalue weighted by molar-refractivity contribution is -0.128. The summed E-state index contributed by atoms with van der Waals surface area (Å²) in [7, 11) is 0. The SMILES string of the molecule is CC(C)(C)OC(=O)N1C(=O)CC[C@H]1COC(=O)c1ccccc1. The summed E-state index contributed by atoms with van der Waals surface area (Å²) >= 11 is 0. The molecule has 1 aliphatic heterocycles. The molecule has 1 saturated heterocycles. The number of carbonyl (C=O) groups is 3. The molecule has 2 rings (SSSR count). The van der Waals surface area contributed by atoms with Crippen LogP contribution in [0.2, 0.25) is 0 Å². The molecule has 1 atom stereocenters. The summed E-state index contributed by atoms with van der Waals surface area (Å²) in [5, 5.41) is 0. The molecule has 1 aromatic carbocycles. The normalized spacial score (nSPS) is 18.0. The van der Waals surface area contributed by atoms with Crippen LogP contribution in [0, 0.1) is 0 Å². The summed E-state index contributed by atoms with van der Waals surface area (Å²) in [5.41, 5.74) is -0.258. The van der Waals surface area contributed by atoms with Crippen LogP contribution in [0.3, 0.4) is 0 Å². The highest BCUT2D eigenvalue weighted by atomic mass is 16.6. The molecule has 124 valence electrons. The van der Waals surface area contributed by atoms with Gasteiger partial charge in [0.15, 0.2) is 0 Å². The number of likely N-dealkylation sites (tertiary alicyclic amines) is 1. The largest absolute Gasteiger partial charge is 0.460 e. The molecule has 2 amide bonds. The predicted octanol–water partition coefficient (Wildman–Crippen LogP) is 2.77. The zero-order valence-electron chi connectivity index (χ0n) is 13.6. The average Bonchev–Trinajstić information content (AvgIpc) is 2.85. The number of rotatable bonds is 3. The molecule has 6 heteroatoms. The van der Waals surface area contributed by atoms with Gasteiger partial charge in [-0.05, 0) is 39.3 Å². The zero-order chi connectivity index (χ0) is 17.0. The highest BCUT2D eigenvalue weighted by molar-refractivity contribution is 5.94. The number of ether oxygens (including phenoxy) is 2. The van der Waals surface area contributed by atoms with E-state index in [0.717, 1.165) is 4.90 Å². The monoisotopic (exact) mass is 319 g/mol. The van der Waals surface area contributed by atoms with Crippen LogP contribution in [0.15, 0.2) is 30.3 Å². The molecule has 1 aliphatic rings. The summed E-state index contributed by atoms with van der Waals surface area (Å²) in [4.78, 5) is 37.1. The van der Waals surface area contributed by atoms with Gasteiger partial charge in [-0.15, -0.1) is 0 Å². The summed E-state index contributed by atoms with van der Waals surface area (Å²) in [5.74, 6) is -0.783. The molecule has 0 unspecified atom stereocenters. The third-order valence-electron chi connectivity index (χ3n) is 3.33. The second kappa shape index (κ2) is 6.81. The Morgan fingerprint density at radius 3 is 2.48 bits per heavy atom. The summed E-state index contributed by atoms with van der Waals surface area (Å²) < 4.78 is 10.5. The van der Waals surface area contributed by atoms with Crippen molar-refractivity contribution >= 4 is 18.0 Å². The van der Waals surface area contributed by atoms with Crippen molar-refractivity contribution in [3.8, 4) is 0 Å². The number of imide groups is 1. The van der Waals surface area contributed by atoms with Crippen LogP contribution in [0.4, 0.5) is 4.79 Å². The van der Waals surface area contributed by atoms with Crippen molar-refractivity contribution in [1.29, 1.82) is 0 Å². The van der Waals surface area contributed by atoms with Gasteiger partial charge in [0.25, 0.3) is 0 Å². The van der Waals surface area contributed by atoms with Crippen molar-refractivity contribution in [2.24, 2.45) is 0 Å². The maximum Gasteiger partial charge on any atom is 0.417 e. The molecular formula is C17H21NO5. The van der Waals surface area contributed by atoms with Gasteiger partial charge in [-0.25, -0.2) is 14.5 Å². The Morgan fingerprint density at radius 1 is 1.22 bits per heavy atom. The summed E-state index contributed by atoms with van der Waals surface area (Å²) in [6, 6.07) is 8.09. The number of carbonyl (C=O) groups excluding carboxylic acids is 3. The maximum absolute atomic E-state index is 12.1. The molecule has 0 N–H and O–H groups in total. The van der Waals surface area contributed by atoms with E-state index in [-0.39, 0.29) is 18.9 Å². The first-order valence-electron chi connectivity index (χ1n) is 7.55. The van der Waals surface area contributed by atoms with Gasteiger partial charge < -0.3 is 9.47 Å². The van der Waals surface area contributed by atoms with Crippen molar-refractivity contribution in [2.45, 2.75) is 45.3 Å². The Kier molecular flexibility index (Phi) is 5.03. The Morgan fingerprint density at radius 2 is 1.87 bits per heavy atom. The maximum atomic E-state index is 12.1. The van der Waals surface area contributed by atoms with Crippen LogP contribution in [-0.4, -0.2) is 41.1 Å². The van der Waals surface area contributed by atoms with Gasteiger partial charge in [0.05, 0.1) is 11.6 Å². The van der Waals surface area contributed by atoms with E-state index in [4.69, 9.17) is 9.47 Å². The van der Waals surface area contributed by atoms with Gasteiger partial charge in [-0.3, -0.25) is 4.79 Å². The first kappa shape index (κ1) is 17.0. The van der Waals surface area contributed by atoms with Crippen LogP contribution >= 0.6 is 0 Å². The van der Waals surface area contributed by atoms with E-state index < -0.39 is 23.7 Å². The Bertz CT molecular complexity index is 591. The first-order chi connectivity index (χ1) is 10.8. The van der Waals surface area contributed by atoms with E-state index in [0.29, 0.717) is 12.0 Å². The van der Waals surface area contributed by atoms with Crippen molar-refractivity contribution < 1.29 is 23.9 Å². The van der Waals surface area contributed by atoms with E-state index in [1.165, 1.54) is 0 Å². The fourth-order valence-electron chi connectivity index (χ4n) is 2.29. The minimum absolute atomic E-state index is 0.0291. The molecule has 0 radical (unpaired) electrons.